The van der Waals surface area contributed by atoms with Crippen molar-refractivity contribution in [1.29, 1.82) is 0 Å². The van der Waals surface area contributed by atoms with E-state index in [1.54, 1.807) is 22.9 Å². The number of thioether (sulfide) groups is 1. The van der Waals surface area contributed by atoms with Crippen LogP contribution in [0.25, 0.3) is 0 Å². The molecule has 0 atom stereocenters. The highest BCUT2D eigenvalue weighted by Crippen LogP contribution is 2.24. The summed E-state index contributed by atoms with van der Waals surface area (Å²) in [7, 11) is 1.86. The fourth-order valence-corrected chi connectivity index (χ4v) is 3.08. The van der Waals surface area contributed by atoms with Crippen LogP contribution in [0.4, 0.5) is 0 Å². The Morgan fingerprint density at radius 1 is 1.37 bits per heavy atom. The second-order valence-corrected chi connectivity index (χ2v) is 5.92. The van der Waals surface area contributed by atoms with Gasteiger partial charge in [-0.15, -0.1) is 0 Å². The highest BCUT2D eigenvalue weighted by molar-refractivity contribution is 7.99. The maximum atomic E-state index is 12.1. The van der Waals surface area contributed by atoms with Crippen LogP contribution in [0.3, 0.4) is 0 Å². The van der Waals surface area contributed by atoms with Gasteiger partial charge in [-0.3, -0.25) is 9.48 Å². The van der Waals surface area contributed by atoms with Gasteiger partial charge in [-0.2, -0.15) is 5.10 Å². The van der Waals surface area contributed by atoms with Gasteiger partial charge in [-0.05, 0) is 31.2 Å². The molecule has 0 amide bonds. The summed E-state index contributed by atoms with van der Waals surface area (Å²) in [6.07, 6.45) is 0. The van der Waals surface area contributed by atoms with Crippen molar-refractivity contribution in [2.75, 3.05) is 5.75 Å². The van der Waals surface area contributed by atoms with Gasteiger partial charge in [-0.25, -0.2) is 0 Å². The summed E-state index contributed by atoms with van der Waals surface area (Å²) in [5.74, 6) is 0.297. The van der Waals surface area contributed by atoms with Crippen molar-refractivity contribution in [2.24, 2.45) is 7.05 Å². The third kappa shape index (κ3) is 3.53. The van der Waals surface area contributed by atoms with Crippen molar-refractivity contribution < 1.29 is 4.79 Å². The minimum atomic E-state index is -0.0227. The maximum absolute atomic E-state index is 12.1. The van der Waals surface area contributed by atoms with E-state index in [9.17, 15) is 4.79 Å². The average molecular weight is 315 g/mol. The first kappa shape index (κ1) is 14.4. The summed E-state index contributed by atoms with van der Waals surface area (Å²) in [6.45, 7) is 1.92. The van der Waals surface area contributed by atoms with E-state index >= 15 is 0 Å². The number of Topliss-reactive ketones (excluding diaryl/α,β-unsaturated/α-hetero) is 1. The van der Waals surface area contributed by atoms with Gasteiger partial charge in [0.25, 0.3) is 0 Å². The predicted molar refractivity (Wildman–Crippen MR) is 79.5 cm³/mol. The fraction of sp³-hybridized carbons (Fsp3) is 0.231. The highest BCUT2D eigenvalue weighted by Gasteiger charge is 2.12. The van der Waals surface area contributed by atoms with Crippen molar-refractivity contribution in [3.8, 4) is 0 Å². The topological polar surface area (TPSA) is 34.9 Å². The minimum absolute atomic E-state index is 0.0227. The second-order valence-electron chi connectivity index (χ2n) is 4.08. The summed E-state index contributed by atoms with van der Waals surface area (Å²) in [6, 6.07) is 6.85. The lowest BCUT2D eigenvalue weighted by Crippen LogP contribution is -2.04. The lowest BCUT2D eigenvalue weighted by atomic mass is 10.1. The number of aryl methyl sites for hydroxylation is 2. The second kappa shape index (κ2) is 5.99. The van der Waals surface area contributed by atoms with E-state index in [2.05, 4.69) is 5.10 Å². The number of halogens is 2. The Morgan fingerprint density at radius 3 is 2.68 bits per heavy atom. The number of aromatic nitrogens is 2. The summed E-state index contributed by atoms with van der Waals surface area (Å²) in [5, 5.41) is 6.10. The molecule has 0 aliphatic rings. The molecule has 2 aromatic rings. The molecule has 3 nitrogen and oxygen atoms in total. The highest BCUT2D eigenvalue weighted by atomic mass is 35.5. The molecule has 1 aromatic heterocycles. The number of ketones is 1. The van der Waals surface area contributed by atoms with Gasteiger partial charge in [0.2, 0.25) is 0 Å². The van der Waals surface area contributed by atoms with E-state index < -0.39 is 0 Å². The van der Waals surface area contributed by atoms with Crippen molar-refractivity contribution in [3.05, 3.63) is 45.6 Å². The summed E-state index contributed by atoms with van der Waals surface area (Å²) < 4.78 is 1.76. The Kier molecular flexibility index (Phi) is 4.55. The zero-order valence-electron chi connectivity index (χ0n) is 10.5. The molecular weight excluding hydrogens is 303 g/mol. The van der Waals surface area contributed by atoms with Crippen LogP contribution in [-0.4, -0.2) is 21.3 Å². The molecule has 6 heteroatoms. The largest absolute Gasteiger partial charge is 0.293 e. The first-order valence-corrected chi connectivity index (χ1v) is 7.33. The van der Waals surface area contributed by atoms with Crippen LogP contribution in [0.5, 0.6) is 0 Å². The third-order valence-corrected chi connectivity index (χ3v) is 4.17. The SMILES string of the molecule is Cc1cc(SCC(=O)c2ccc(Cl)cc2Cl)n(C)n1. The van der Waals surface area contributed by atoms with Crippen molar-refractivity contribution in [1.82, 2.24) is 9.78 Å². The molecule has 0 radical (unpaired) electrons. The van der Waals surface area contributed by atoms with E-state index in [0.717, 1.165) is 10.7 Å². The number of hydrogen-bond donors (Lipinski definition) is 0. The normalized spacial score (nSPS) is 10.7. The van der Waals surface area contributed by atoms with Crippen LogP contribution >= 0.6 is 35.0 Å². The van der Waals surface area contributed by atoms with E-state index in [0.29, 0.717) is 21.4 Å². The smallest absolute Gasteiger partial charge is 0.174 e. The molecule has 0 saturated carbocycles. The van der Waals surface area contributed by atoms with E-state index in [1.165, 1.54) is 11.8 Å². The number of carbonyl (C=O) groups is 1. The van der Waals surface area contributed by atoms with Crippen LogP contribution in [0.1, 0.15) is 16.1 Å². The monoisotopic (exact) mass is 314 g/mol. The minimum Gasteiger partial charge on any atom is -0.293 e. The first-order valence-electron chi connectivity index (χ1n) is 5.59. The zero-order chi connectivity index (χ0) is 14.0. The Hall–Kier alpha value is -0.970. The standard InChI is InChI=1S/C13H12Cl2N2OS/c1-8-5-13(17(2)16-8)19-7-12(18)10-4-3-9(14)6-11(10)15/h3-6H,7H2,1-2H3. The molecule has 0 bridgehead atoms. The number of benzene rings is 1. The number of carbonyl (C=O) groups excluding carboxylic acids is 1. The molecule has 0 aliphatic carbocycles. The Balaban J connectivity index is 2.07. The predicted octanol–water partition coefficient (Wildman–Crippen LogP) is 4.01. The van der Waals surface area contributed by atoms with Gasteiger partial charge >= 0.3 is 0 Å². The molecule has 0 N–H and O–H groups in total. The molecular formula is C13H12Cl2N2OS. The molecule has 0 spiro atoms. The maximum Gasteiger partial charge on any atom is 0.174 e. The van der Waals surface area contributed by atoms with Crippen LogP contribution < -0.4 is 0 Å². The fourth-order valence-electron chi connectivity index (χ4n) is 1.65. The molecule has 0 saturated heterocycles. The molecule has 2 rings (SSSR count). The molecule has 0 fully saturated rings. The Labute approximate surface area is 125 Å². The van der Waals surface area contributed by atoms with Gasteiger partial charge in [0, 0.05) is 17.6 Å². The summed E-state index contributed by atoms with van der Waals surface area (Å²) in [4.78, 5) is 12.1. The van der Waals surface area contributed by atoms with Crippen LogP contribution in [-0.2, 0) is 7.05 Å². The first-order chi connectivity index (χ1) is 8.97. The Bertz CT molecular complexity index is 625. The van der Waals surface area contributed by atoms with Crippen LogP contribution in [0, 0.1) is 6.92 Å². The van der Waals surface area contributed by atoms with Gasteiger partial charge < -0.3 is 0 Å². The zero-order valence-corrected chi connectivity index (χ0v) is 12.8. The quantitative estimate of drug-likeness (QED) is 0.631. The molecule has 0 unspecified atom stereocenters. The lowest BCUT2D eigenvalue weighted by Gasteiger charge is -2.04. The molecule has 0 aliphatic heterocycles. The van der Waals surface area contributed by atoms with Gasteiger partial charge in [0.05, 0.1) is 21.5 Å². The molecule has 19 heavy (non-hydrogen) atoms. The number of nitrogens with zero attached hydrogens (tertiary/aromatic N) is 2. The van der Waals surface area contributed by atoms with Crippen LogP contribution in [0.15, 0.2) is 29.3 Å². The molecule has 100 valence electrons. The van der Waals surface area contributed by atoms with E-state index in [-0.39, 0.29) is 5.78 Å². The molecule has 1 heterocycles. The van der Waals surface area contributed by atoms with Crippen LogP contribution in [0.2, 0.25) is 10.0 Å². The van der Waals surface area contributed by atoms with Crippen molar-refractivity contribution in [3.63, 3.8) is 0 Å². The van der Waals surface area contributed by atoms with Crippen molar-refractivity contribution >= 4 is 40.7 Å². The number of hydrogen-bond acceptors (Lipinski definition) is 3. The lowest BCUT2D eigenvalue weighted by molar-refractivity contribution is 0.102. The molecule has 1 aromatic carbocycles. The van der Waals surface area contributed by atoms with Crippen molar-refractivity contribution in [2.45, 2.75) is 11.9 Å². The van der Waals surface area contributed by atoms with E-state index in [4.69, 9.17) is 23.2 Å². The summed E-state index contributed by atoms with van der Waals surface area (Å²) in [5.41, 5.74) is 1.43. The van der Waals surface area contributed by atoms with Gasteiger partial charge in [0.15, 0.2) is 5.78 Å². The Morgan fingerprint density at radius 2 is 2.11 bits per heavy atom. The van der Waals surface area contributed by atoms with Gasteiger partial charge in [-0.1, -0.05) is 35.0 Å². The van der Waals surface area contributed by atoms with E-state index in [1.807, 2.05) is 20.0 Å². The average Bonchev–Trinajstić information content (AvgIpc) is 2.65. The third-order valence-electron chi connectivity index (χ3n) is 2.54. The summed E-state index contributed by atoms with van der Waals surface area (Å²) >= 11 is 13.3. The number of rotatable bonds is 4. The van der Waals surface area contributed by atoms with Gasteiger partial charge in [0.1, 0.15) is 0 Å².